The first-order valence-corrected chi connectivity index (χ1v) is 7.93. The van der Waals surface area contributed by atoms with Gasteiger partial charge in [-0.2, -0.15) is 0 Å². The molecule has 1 atom stereocenters. The number of para-hydroxylation sites is 1. The molecule has 3 nitrogen and oxygen atoms in total. The summed E-state index contributed by atoms with van der Waals surface area (Å²) in [5.74, 6) is -0.0454. The summed E-state index contributed by atoms with van der Waals surface area (Å²) in [4.78, 5) is 12.9. The molecule has 1 unspecified atom stereocenters. The van der Waals surface area contributed by atoms with Gasteiger partial charge in [-0.25, -0.2) is 0 Å². The molecule has 0 radical (unpaired) electrons. The number of Topliss-reactive ketones (excluding diaryl/α,β-unsaturated/α-hetero) is 1. The highest BCUT2D eigenvalue weighted by atomic mass is 32.2. The molecule has 4 heteroatoms. The summed E-state index contributed by atoms with van der Waals surface area (Å²) in [6.45, 7) is 1.89. The summed E-state index contributed by atoms with van der Waals surface area (Å²) in [7, 11) is -1.36. The van der Waals surface area contributed by atoms with Crippen molar-refractivity contribution in [3.8, 4) is 0 Å². The molecule has 0 aliphatic rings. The van der Waals surface area contributed by atoms with E-state index in [1.54, 1.807) is 12.1 Å². The maximum Gasteiger partial charge on any atom is 0.210 e. The number of fused-ring (bicyclic) bond motifs is 1. The van der Waals surface area contributed by atoms with E-state index in [0.29, 0.717) is 10.5 Å². The minimum absolute atomic E-state index is 0.0648. The second-order valence-electron chi connectivity index (χ2n) is 4.83. The first-order valence-electron chi connectivity index (χ1n) is 6.61. The molecule has 0 saturated heterocycles. The van der Waals surface area contributed by atoms with Gasteiger partial charge in [0.1, 0.15) is 5.58 Å². The number of carbonyl (C=O) groups excluding carboxylic acids is 1. The van der Waals surface area contributed by atoms with Gasteiger partial charge in [0, 0.05) is 10.3 Å². The Kier molecular flexibility index (Phi) is 3.71. The van der Waals surface area contributed by atoms with Crippen molar-refractivity contribution >= 4 is 27.6 Å². The van der Waals surface area contributed by atoms with Gasteiger partial charge in [0.05, 0.1) is 16.6 Å². The van der Waals surface area contributed by atoms with Gasteiger partial charge in [-0.3, -0.25) is 9.00 Å². The normalized spacial score (nSPS) is 12.4. The third-order valence-electron chi connectivity index (χ3n) is 3.30. The number of aryl methyl sites for hydroxylation is 1. The quantitative estimate of drug-likeness (QED) is 0.689. The van der Waals surface area contributed by atoms with Crippen LogP contribution in [0.5, 0.6) is 0 Å². The average molecular weight is 298 g/mol. The van der Waals surface area contributed by atoms with Gasteiger partial charge in [-0.05, 0) is 30.7 Å². The van der Waals surface area contributed by atoms with Crippen LogP contribution < -0.4 is 0 Å². The fourth-order valence-corrected chi connectivity index (χ4v) is 3.39. The topological polar surface area (TPSA) is 47.3 Å². The smallest absolute Gasteiger partial charge is 0.210 e. The zero-order valence-electron chi connectivity index (χ0n) is 11.5. The molecule has 0 aliphatic carbocycles. The lowest BCUT2D eigenvalue weighted by atomic mass is 10.2. The van der Waals surface area contributed by atoms with Crippen LogP contribution in [0.3, 0.4) is 0 Å². The number of rotatable bonds is 4. The van der Waals surface area contributed by atoms with Crippen LogP contribution in [-0.4, -0.2) is 15.7 Å². The Hall–Kier alpha value is -2.20. The van der Waals surface area contributed by atoms with Crippen molar-refractivity contribution in [3.63, 3.8) is 0 Å². The standard InChI is InChI=1S/C17H14O3S/c1-12-6-2-5-9-17(12)21(19)11-14(18)16-10-13-7-3-4-8-15(13)20-16/h2-10H,11H2,1H3. The maximum absolute atomic E-state index is 12.3. The molecular weight excluding hydrogens is 284 g/mol. The Morgan fingerprint density at radius 2 is 1.81 bits per heavy atom. The highest BCUT2D eigenvalue weighted by molar-refractivity contribution is 7.85. The summed E-state index contributed by atoms with van der Waals surface area (Å²) in [6.07, 6.45) is 0. The second-order valence-corrected chi connectivity index (χ2v) is 6.25. The van der Waals surface area contributed by atoms with E-state index in [-0.39, 0.29) is 17.3 Å². The van der Waals surface area contributed by atoms with E-state index in [1.807, 2.05) is 49.4 Å². The van der Waals surface area contributed by atoms with Gasteiger partial charge < -0.3 is 4.42 Å². The number of carbonyl (C=O) groups is 1. The Labute approximate surface area is 125 Å². The minimum atomic E-state index is -1.36. The van der Waals surface area contributed by atoms with Crippen molar-refractivity contribution in [2.24, 2.45) is 0 Å². The molecule has 0 aliphatic heterocycles. The Morgan fingerprint density at radius 3 is 2.57 bits per heavy atom. The number of benzene rings is 2. The molecule has 1 aromatic heterocycles. The molecule has 0 amide bonds. The zero-order chi connectivity index (χ0) is 14.8. The van der Waals surface area contributed by atoms with Crippen LogP contribution >= 0.6 is 0 Å². The van der Waals surface area contributed by atoms with E-state index in [1.165, 1.54) is 0 Å². The molecule has 21 heavy (non-hydrogen) atoms. The van der Waals surface area contributed by atoms with Crippen LogP contribution in [0.1, 0.15) is 16.1 Å². The number of hydrogen-bond donors (Lipinski definition) is 0. The van der Waals surface area contributed by atoms with E-state index in [0.717, 1.165) is 10.9 Å². The van der Waals surface area contributed by atoms with Gasteiger partial charge >= 0.3 is 0 Å². The highest BCUT2D eigenvalue weighted by Crippen LogP contribution is 2.20. The molecule has 0 bridgehead atoms. The number of furan rings is 1. The minimum Gasteiger partial charge on any atom is -0.453 e. The summed E-state index contributed by atoms with van der Waals surface area (Å²) < 4.78 is 17.8. The van der Waals surface area contributed by atoms with Gasteiger partial charge in [-0.1, -0.05) is 36.4 Å². The molecule has 2 aromatic carbocycles. The van der Waals surface area contributed by atoms with Crippen LogP contribution in [-0.2, 0) is 10.8 Å². The first kappa shape index (κ1) is 13.8. The van der Waals surface area contributed by atoms with Gasteiger partial charge in [0.15, 0.2) is 5.76 Å². The summed E-state index contributed by atoms with van der Waals surface area (Å²) in [5.41, 5.74) is 1.59. The van der Waals surface area contributed by atoms with Crippen LogP contribution in [0, 0.1) is 6.92 Å². The van der Waals surface area contributed by atoms with Crippen molar-refractivity contribution in [1.29, 1.82) is 0 Å². The van der Waals surface area contributed by atoms with Crippen LogP contribution in [0.4, 0.5) is 0 Å². The molecule has 3 aromatic rings. The Balaban J connectivity index is 1.83. The third-order valence-corrected chi connectivity index (χ3v) is 4.77. The molecular formula is C17H14O3S. The average Bonchev–Trinajstić information content (AvgIpc) is 2.91. The van der Waals surface area contributed by atoms with E-state index < -0.39 is 10.8 Å². The lowest BCUT2D eigenvalue weighted by Gasteiger charge is -2.03. The van der Waals surface area contributed by atoms with Crippen molar-refractivity contribution in [1.82, 2.24) is 0 Å². The summed E-state index contributed by atoms with van der Waals surface area (Å²) in [6, 6.07) is 16.5. The van der Waals surface area contributed by atoms with Gasteiger partial charge in [-0.15, -0.1) is 0 Å². The van der Waals surface area contributed by atoms with Crippen LogP contribution in [0.25, 0.3) is 11.0 Å². The van der Waals surface area contributed by atoms with Gasteiger partial charge in [0.2, 0.25) is 5.78 Å². The second kappa shape index (κ2) is 5.66. The van der Waals surface area contributed by atoms with Crippen LogP contribution in [0.15, 0.2) is 63.9 Å². The molecule has 0 spiro atoms. The molecule has 106 valence electrons. The fraction of sp³-hybridized carbons (Fsp3) is 0.118. The molecule has 0 saturated carbocycles. The zero-order valence-corrected chi connectivity index (χ0v) is 12.4. The predicted octanol–water partition coefficient (Wildman–Crippen LogP) is 3.73. The maximum atomic E-state index is 12.3. The molecule has 0 N–H and O–H groups in total. The lowest BCUT2D eigenvalue weighted by Crippen LogP contribution is -2.11. The molecule has 0 fully saturated rings. The van der Waals surface area contributed by atoms with Crippen molar-refractivity contribution in [2.75, 3.05) is 5.75 Å². The Bertz CT molecular complexity index is 800. The SMILES string of the molecule is Cc1ccccc1S(=O)CC(=O)c1cc2ccccc2o1. The number of ketones is 1. The predicted molar refractivity (Wildman–Crippen MR) is 83.0 cm³/mol. The van der Waals surface area contributed by atoms with E-state index >= 15 is 0 Å². The van der Waals surface area contributed by atoms with Crippen molar-refractivity contribution in [2.45, 2.75) is 11.8 Å². The summed E-state index contributed by atoms with van der Waals surface area (Å²) in [5, 5.41) is 0.877. The largest absolute Gasteiger partial charge is 0.453 e. The van der Waals surface area contributed by atoms with Gasteiger partial charge in [0.25, 0.3) is 0 Å². The molecule has 3 rings (SSSR count). The third kappa shape index (κ3) is 2.81. The first-order chi connectivity index (χ1) is 10.1. The van der Waals surface area contributed by atoms with E-state index in [4.69, 9.17) is 4.42 Å². The Morgan fingerprint density at radius 1 is 1.10 bits per heavy atom. The van der Waals surface area contributed by atoms with Crippen LogP contribution in [0.2, 0.25) is 0 Å². The van der Waals surface area contributed by atoms with Crippen molar-refractivity contribution in [3.05, 3.63) is 65.9 Å². The van der Waals surface area contributed by atoms with E-state index in [9.17, 15) is 9.00 Å². The fourth-order valence-electron chi connectivity index (χ4n) is 2.20. The monoisotopic (exact) mass is 298 g/mol. The van der Waals surface area contributed by atoms with Crippen molar-refractivity contribution < 1.29 is 13.4 Å². The van der Waals surface area contributed by atoms with E-state index in [2.05, 4.69) is 0 Å². The highest BCUT2D eigenvalue weighted by Gasteiger charge is 2.17. The lowest BCUT2D eigenvalue weighted by molar-refractivity contribution is 0.0993. The molecule has 1 heterocycles. The summed E-state index contributed by atoms with van der Waals surface area (Å²) >= 11 is 0. The number of hydrogen-bond acceptors (Lipinski definition) is 3.